The summed E-state index contributed by atoms with van der Waals surface area (Å²) in [6.07, 6.45) is 6.48. The first-order valence-electron chi connectivity index (χ1n) is 7.91. The van der Waals surface area contributed by atoms with Crippen molar-refractivity contribution in [3.63, 3.8) is 0 Å². The summed E-state index contributed by atoms with van der Waals surface area (Å²) < 4.78 is 16.5. The summed E-state index contributed by atoms with van der Waals surface area (Å²) >= 11 is 0. The second kappa shape index (κ2) is 6.35. The van der Waals surface area contributed by atoms with Crippen LogP contribution in [0.15, 0.2) is 36.8 Å². The number of piperidine rings is 1. The van der Waals surface area contributed by atoms with Crippen molar-refractivity contribution in [3.05, 3.63) is 42.4 Å². The van der Waals surface area contributed by atoms with E-state index in [2.05, 4.69) is 9.97 Å². The van der Waals surface area contributed by atoms with Crippen LogP contribution in [0.5, 0.6) is 17.4 Å². The molecule has 3 heterocycles. The van der Waals surface area contributed by atoms with Crippen molar-refractivity contribution >= 4 is 5.91 Å². The normalized spacial score (nSPS) is 19.2. The van der Waals surface area contributed by atoms with Gasteiger partial charge in [-0.2, -0.15) is 0 Å². The standard InChI is InChI=1S/C17H17N3O4/c21-17(12-3-4-14-15(8-12)23-11-22-14)20-7-1-2-13(10-20)24-16-9-18-5-6-19-16/h3-6,8-9,13H,1-2,7,10-11H2/t13-/m0/s1. The fourth-order valence-electron chi connectivity index (χ4n) is 2.95. The maximum Gasteiger partial charge on any atom is 0.254 e. The Kier molecular flexibility index (Phi) is 3.90. The van der Waals surface area contributed by atoms with Gasteiger partial charge in [0.25, 0.3) is 5.91 Å². The van der Waals surface area contributed by atoms with E-state index < -0.39 is 0 Å². The number of benzene rings is 1. The highest BCUT2D eigenvalue weighted by Gasteiger charge is 2.27. The molecule has 2 aliphatic rings. The van der Waals surface area contributed by atoms with Gasteiger partial charge >= 0.3 is 0 Å². The average Bonchev–Trinajstić information content (AvgIpc) is 3.10. The molecule has 0 unspecified atom stereocenters. The van der Waals surface area contributed by atoms with E-state index in [9.17, 15) is 4.79 Å². The van der Waals surface area contributed by atoms with Crippen molar-refractivity contribution < 1.29 is 19.0 Å². The predicted molar refractivity (Wildman–Crippen MR) is 84.2 cm³/mol. The molecule has 4 rings (SSSR count). The predicted octanol–water partition coefficient (Wildman–Crippen LogP) is 1.89. The molecule has 1 saturated heterocycles. The minimum Gasteiger partial charge on any atom is -0.471 e. The highest BCUT2D eigenvalue weighted by Crippen LogP contribution is 2.33. The Morgan fingerprint density at radius 1 is 1.25 bits per heavy atom. The molecule has 0 spiro atoms. The molecule has 0 aliphatic carbocycles. The topological polar surface area (TPSA) is 73.8 Å². The summed E-state index contributed by atoms with van der Waals surface area (Å²) in [5, 5.41) is 0. The second-order valence-electron chi connectivity index (χ2n) is 5.74. The fourth-order valence-corrected chi connectivity index (χ4v) is 2.95. The Bertz CT molecular complexity index is 738. The Morgan fingerprint density at radius 2 is 2.17 bits per heavy atom. The van der Waals surface area contributed by atoms with E-state index in [1.807, 2.05) is 4.90 Å². The van der Waals surface area contributed by atoms with Crippen LogP contribution in [0.1, 0.15) is 23.2 Å². The first kappa shape index (κ1) is 14.7. The molecule has 1 aromatic heterocycles. The van der Waals surface area contributed by atoms with Crippen molar-refractivity contribution in [3.8, 4) is 17.4 Å². The van der Waals surface area contributed by atoms with Crippen LogP contribution in [0.3, 0.4) is 0 Å². The van der Waals surface area contributed by atoms with E-state index in [4.69, 9.17) is 14.2 Å². The number of rotatable bonds is 3. The molecule has 24 heavy (non-hydrogen) atoms. The van der Waals surface area contributed by atoms with Gasteiger partial charge < -0.3 is 19.1 Å². The summed E-state index contributed by atoms with van der Waals surface area (Å²) in [7, 11) is 0. The average molecular weight is 327 g/mol. The zero-order valence-corrected chi connectivity index (χ0v) is 13.1. The summed E-state index contributed by atoms with van der Waals surface area (Å²) in [5.41, 5.74) is 0.597. The van der Waals surface area contributed by atoms with Gasteiger partial charge in [0.15, 0.2) is 11.5 Å². The lowest BCUT2D eigenvalue weighted by molar-refractivity contribution is 0.0526. The molecule has 1 atom stereocenters. The van der Waals surface area contributed by atoms with Gasteiger partial charge in [0.1, 0.15) is 6.10 Å². The summed E-state index contributed by atoms with van der Waals surface area (Å²) in [6, 6.07) is 5.27. The van der Waals surface area contributed by atoms with E-state index in [1.54, 1.807) is 36.8 Å². The number of ether oxygens (including phenoxy) is 3. The third-order valence-corrected chi connectivity index (χ3v) is 4.11. The first-order chi connectivity index (χ1) is 11.8. The first-order valence-corrected chi connectivity index (χ1v) is 7.91. The summed E-state index contributed by atoms with van der Waals surface area (Å²) in [4.78, 5) is 22.7. The summed E-state index contributed by atoms with van der Waals surface area (Å²) in [6.45, 7) is 1.45. The Balaban J connectivity index is 1.44. The number of carbonyl (C=O) groups is 1. The molecule has 2 aromatic rings. The van der Waals surface area contributed by atoms with E-state index in [1.165, 1.54) is 0 Å². The van der Waals surface area contributed by atoms with Gasteiger partial charge in [0, 0.05) is 24.5 Å². The molecule has 1 amide bonds. The lowest BCUT2D eigenvalue weighted by Crippen LogP contribution is -2.44. The van der Waals surface area contributed by atoms with Crippen LogP contribution in [0.2, 0.25) is 0 Å². The van der Waals surface area contributed by atoms with Crippen LogP contribution < -0.4 is 14.2 Å². The van der Waals surface area contributed by atoms with Crippen molar-refractivity contribution in [2.75, 3.05) is 19.9 Å². The fraction of sp³-hybridized carbons (Fsp3) is 0.353. The highest BCUT2D eigenvalue weighted by molar-refractivity contribution is 5.95. The van der Waals surface area contributed by atoms with Gasteiger partial charge in [0.2, 0.25) is 12.7 Å². The third kappa shape index (κ3) is 2.97. The van der Waals surface area contributed by atoms with Crippen LogP contribution in [-0.4, -0.2) is 46.8 Å². The molecule has 0 bridgehead atoms. The molecule has 124 valence electrons. The van der Waals surface area contributed by atoms with Gasteiger partial charge in [-0.05, 0) is 31.0 Å². The molecular weight excluding hydrogens is 310 g/mol. The number of nitrogens with zero attached hydrogens (tertiary/aromatic N) is 3. The molecule has 1 fully saturated rings. The second-order valence-corrected chi connectivity index (χ2v) is 5.74. The number of likely N-dealkylation sites (tertiary alicyclic amines) is 1. The SMILES string of the molecule is O=C(c1ccc2c(c1)OCO2)N1CCC[C@H](Oc2cnccn2)C1. The van der Waals surface area contributed by atoms with Crippen molar-refractivity contribution in [2.24, 2.45) is 0 Å². The van der Waals surface area contributed by atoms with Crippen LogP contribution in [0, 0.1) is 0 Å². The number of aromatic nitrogens is 2. The van der Waals surface area contributed by atoms with E-state index >= 15 is 0 Å². The lowest BCUT2D eigenvalue weighted by Gasteiger charge is -2.32. The monoisotopic (exact) mass is 327 g/mol. The molecule has 0 radical (unpaired) electrons. The summed E-state index contributed by atoms with van der Waals surface area (Å²) in [5.74, 6) is 1.75. The molecule has 0 N–H and O–H groups in total. The van der Waals surface area contributed by atoms with Crippen molar-refractivity contribution in [2.45, 2.75) is 18.9 Å². The third-order valence-electron chi connectivity index (χ3n) is 4.11. The lowest BCUT2D eigenvalue weighted by atomic mass is 10.1. The van der Waals surface area contributed by atoms with Crippen molar-refractivity contribution in [1.82, 2.24) is 14.9 Å². The molecular formula is C17H17N3O4. The van der Waals surface area contributed by atoms with Gasteiger partial charge in [0.05, 0.1) is 12.7 Å². The van der Waals surface area contributed by atoms with Crippen LogP contribution in [0.4, 0.5) is 0 Å². The Hall–Kier alpha value is -2.83. The zero-order valence-electron chi connectivity index (χ0n) is 13.1. The number of carbonyl (C=O) groups excluding carboxylic acids is 1. The minimum absolute atomic E-state index is 0.0271. The maximum absolute atomic E-state index is 12.7. The molecule has 7 heteroatoms. The van der Waals surface area contributed by atoms with Gasteiger partial charge in [-0.1, -0.05) is 0 Å². The highest BCUT2D eigenvalue weighted by atomic mass is 16.7. The smallest absolute Gasteiger partial charge is 0.254 e. The molecule has 7 nitrogen and oxygen atoms in total. The molecule has 0 saturated carbocycles. The Morgan fingerprint density at radius 3 is 3.04 bits per heavy atom. The zero-order chi connectivity index (χ0) is 16.4. The van der Waals surface area contributed by atoms with Crippen LogP contribution in [-0.2, 0) is 0 Å². The number of hydrogen-bond donors (Lipinski definition) is 0. The van der Waals surface area contributed by atoms with E-state index in [-0.39, 0.29) is 18.8 Å². The molecule has 2 aliphatic heterocycles. The minimum atomic E-state index is -0.0755. The van der Waals surface area contributed by atoms with Gasteiger partial charge in [-0.3, -0.25) is 9.78 Å². The quantitative estimate of drug-likeness (QED) is 0.857. The van der Waals surface area contributed by atoms with Crippen molar-refractivity contribution in [1.29, 1.82) is 0 Å². The van der Waals surface area contributed by atoms with Gasteiger partial charge in [-0.25, -0.2) is 4.98 Å². The largest absolute Gasteiger partial charge is 0.471 e. The Labute approximate surface area is 139 Å². The van der Waals surface area contributed by atoms with E-state index in [0.29, 0.717) is 36.0 Å². The van der Waals surface area contributed by atoms with Crippen LogP contribution >= 0.6 is 0 Å². The molecule has 1 aromatic carbocycles. The van der Waals surface area contributed by atoms with Gasteiger partial charge in [-0.15, -0.1) is 0 Å². The number of hydrogen-bond acceptors (Lipinski definition) is 6. The number of fused-ring (bicyclic) bond motifs is 1. The maximum atomic E-state index is 12.7. The van der Waals surface area contributed by atoms with E-state index in [0.717, 1.165) is 12.8 Å². The number of amides is 1. The van der Waals surface area contributed by atoms with Crippen LogP contribution in [0.25, 0.3) is 0 Å².